The number of anilines is 2. The lowest BCUT2D eigenvalue weighted by Gasteiger charge is -2.24. The normalized spacial score (nSPS) is 16.6. The quantitative estimate of drug-likeness (QED) is 0.875. The van der Waals surface area contributed by atoms with Crippen LogP contribution in [0.4, 0.5) is 11.8 Å². The van der Waals surface area contributed by atoms with Crippen molar-refractivity contribution in [1.82, 2.24) is 9.97 Å². The molecule has 2 rings (SSSR count). The number of aromatic nitrogens is 2. The molecule has 0 amide bonds. The predicted octanol–water partition coefficient (Wildman–Crippen LogP) is 2.65. The average molecular weight is 315 g/mol. The van der Waals surface area contributed by atoms with Crippen LogP contribution in [0.2, 0.25) is 0 Å². The van der Waals surface area contributed by atoms with Crippen molar-refractivity contribution in [2.24, 2.45) is 0 Å². The lowest BCUT2D eigenvalue weighted by Crippen LogP contribution is -2.28. The summed E-state index contributed by atoms with van der Waals surface area (Å²) in [5, 5.41) is 6.64. The van der Waals surface area contributed by atoms with Gasteiger partial charge in [0, 0.05) is 32.0 Å². The van der Waals surface area contributed by atoms with Crippen molar-refractivity contribution in [3.8, 4) is 0 Å². The highest BCUT2D eigenvalue weighted by Gasteiger charge is 2.15. The third kappa shape index (κ3) is 3.81. The van der Waals surface area contributed by atoms with Crippen LogP contribution in [0.3, 0.4) is 0 Å². The Hall–Kier alpha value is -0.880. The van der Waals surface area contributed by atoms with Gasteiger partial charge < -0.3 is 15.4 Å². The molecule has 0 atom stereocenters. The first-order valence-corrected chi connectivity index (χ1v) is 7.19. The van der Waals surface area contributed by atoms with E-state index in [1.165, 1.54) is 0 Å². The van der Waals surface area contributed by atoms with E-state index in [4.69, 9.17) is 4.74 Å². The standard InChI is InChI=1S/C12H19BrN4O/c1-2-5-14-12-15-8-10(13)11(17-12)16-9-3-6-18-7-4-9/h8-9H,2-7H2,1H3,(H2,14,15,16,17). The molecule has 2 N–H and O–H groups in total. The Kier molecular flexibility index (Phi) is 5.19. The number of halogens is 1. The zero-order chi connectivity index (χ0) is 12.8. The summed E-state index contributed by atoms with van der Waals surface area (Å²) < 4.78 is 6.25. The molecule has 100 valence electrons. The molecular formula is C12H19BrN4O. The molecule has 0 aromatic carbocycles. The van der Waals surface area contributed by atoms with Gasteiger partial charge in [-0.15, -0.1) is 0 Å². The van der Waals surface area contributed by atoms with Gasteiger partial charge in [0.2, 0.25) is 5.95 Å². The number of nitrogens with zero attached hydrogens (tertiary/aromatic N) is 2. The summed E-state index contributed by atoms with van der Waals surface area (Å²) in [6, 6.07) is 0.434. The van der Waals surface area contributed by atoms with Gasteiger partial charge in [0.15, 0.2) is 0 Å². The van der Waals surface area contributed by atoms with Crippen molar-refractivity contribution >= 4 is 27.7 Å². The van der Waals surface area contributed by atoms with Crippen LogP contribution >= 0.6 is 15.9 Å². The molecule has 2 heterocycles. The SMILES string of the molecule is CCCNc1ncc(Br)c(NC2CCOCC2)n1. The molecule has 0 unspecified atom stereocenters. The van der Waals surface area contributed by atoms with Crippen molar-refractivity contribution in [2.45, 2.75) is 32.2 Å². The molecule has 1 fully saturated rings. The Morgan fingerprint density at radius 3 is 2.94 bits per heavy atom. The molecular weight excluding hydrogens is 296 g/mol. The van der Waals surface area contributed by atoms with E-state index >= 15 is 0 Å². The van der Waals surface area contributed by atoms with E-state index in [2.05, 4.69) is 43.5 Å². The topological polar surface area (TPSA) is 59.1 Å². The summed E-state index contributed by atoms with van der Waals surface area (Å²) in [5.74, 6) is 1.53. The molecule has 0 spiro atoms. The van der Waals surface area contributed by atoms with Gasteiger partial charge in [-0.1, -0.05) is 6.92 Å². The fourth-order valence-corrected chi connectivity index (χ4v) is 2.13. The van der Waals surface area contributed by atoms with E-state index < -0.39 is 0 Å². The van der Waals surface area contributed by atoms with Crippen LogP contribution in [0, 0.1) is 0 Å². The van der Waals surface area contributed by atoms with E-state index in [0.717, 1.165) is 49.3 Å². The summed E-state index contributed by atoms with van der Waals surface area (Å²) in [4.78, 5) is 8.72. The zero-order valence-corrected chi connectivity index (χ0v) is 12.2. The summed E-state index contributed by atoms with van der Waals surface area (Å²) in [7, 11) is 0. The Morgan fingerprint density at radius 2 is 2.22 bits per heavy atom. The first kappa shape index (κ1) is 13.5. The number of hydrogen-bond donors (Lipinski definition) is 2. The second-order valence-electron chi connectivity index (χ2n) is 4.35. The Morgan fingerprint density at radius 1 is 1.44 bits per heavy atom. The van der Waals surface area contributed by atoms with Crippen LogP contribution in [0.25, 0.3) is 0 Å². The minimum atomic E-state index is 0.434. The maximum atomic E-state index is 5.35. The van der Waals surface area contributed by atoms with Gasteiger partial charge in [-0.05, 0) is 35.2 Å². The van der Waals surface area contributed by atoms with Crippen molar-refractivity contribution in [1.29, 1.82) is 0 Å². The maximum Gasteiger partial charge on any atom is 0.224 e. The molecule has 1 saturated heterocycles. The molecule has 1 aliphatic rings. The molecule has 1 aromatic rings. The van der Waals surface area contributed by atoms with Crippen LogP contribution in [0.1, 0.15) is 26.2 Å². The number of rotatable bonds is 5. The molecule has 18 heavy (non-hydrogen) atoms. The second kappa shape index (κ2) is 6.89. The van der Waals surface area contributed by atoms with E-state index in [9.17, 15) is 0 Å². The fraction of sp³-hybridized carbons (Fsp3) is 0.667. The van der Waals surface area contributed by atoms with E-state index in [-0.39, 0.29) is 0 Å². The van der Waals surface area contributed by atoms with E-state index in [1.54, 1.807) is 6.20 Å². The van der Waals surface area contributed by atoms with Crippen LogP contribution in [-0.4, -0.2) is 35.8 Å². The third-order valence-corrected chi connectivity index (χ3v) is 3.42. The molecule has 0 bridgehead atoms. The number of ether oxygens (including phenoxy) is 1. The molecule has 0 radical (unpaired) electrons. The Balaban J connectivity index is 2.00. The van der Waals surface area contributed by atoms with E-state index in [1.807, 2.05) is 0 Å². The first-order chi connectivity index (χ1) is 8.79. The van der Waals surface area contributed by atoms with Crippen LogP contribution < -0.4 is 10.6 Å². The van der Waals surface area contributed by atoms with Gasteiger partial charge in [0.1, 0.15) is 5.82 Å². The third-order valence-electron chi connectivity index (χ3n) is 2.84. The first-order valence-electron chi connectivity index (χ1n) is 6.40. The highest BCUT2D eigenvalue weighted by atomic mass is 79.9. The summed E-state index contributed by atoms with van der Waals surface area (Å²) in [5.41, 5.74) is 0. The van der Waals surface area contributed by atoms with Crippen molar-refractivity contribution in [3.63, 3.8) is 0 Å². The Labute approximate surface area is 116 Å². The van der Waals surface area contributed by atoms with E-state index in [0.29, 0.717) is 12.0 Å². The molecule has 1 aliphatic heterocycles. The Bertz CT molecular complexity index is 382. The van der Waals surface area contributed by atoms with Crippen molar-refractivity contribution in [2.75, 3.05) is 30.4 Å². The van der Waals surface area contributed by atoms with Gasteiger partial charge in [0.25, 0.3) is 0 Å². The maximum absolute atomic E-state index is 5.35. The highest BCUT2D eigenvalue weighted by Crippen LogP contribution is 2.23. The largest absolute Gasteiger partial charge is 0.381 e. The molecule has 5 nitrogen and oxygen atoms in total. The molecule has 0 aliphatic carbocycles. The van der Waals surface area contributed by atoms with Gasteiger partial charge >= 0.3 is 0 Å². The summed E-state index contributed by atoms with van der Waals surface area (Å²) >= 11 is 3.48. The summed E-state index contributed by atoms with van der Waals surface area (Å²) in [6.45, 7) is 4.65. The van der Waals surface area contributed by atoms with Crippen LogP contribution in [-0.2, 0) is 4.74 Å². The molecule has 0 saturated carbocycles. The van der Waals surface area contributed by atoms with Crippen LogP contribution in [0.15, 0.2) is 10.7 Å². The zero-order valence-electron chi connectivity index (χ0n) is 10.6. The lowest BCUT2D eigenvalue weighted by molar-refractivity contribution is 0.0904. The average Bonchev–Trinajstić information content (AvgIpc) is 2.41. The molecule has 6 heteroatoms. The number of hydrogen-bond acceptors (Lipinski definition) is 5. The monoisotopic (exact) mass is 314 g/mol. The van der Waals surface area contributed by atoms with Crippen LogP contribution in [0.5, 0.6) is 0 Å². The van der Waals surface area contributed by atoms with Crippen molar-refractivity contribution in [3.05, 3.63) is 10.7 Å². The minimum Gasteiger partial charge on any atom is -0.381 e. The van der Waals surface area contributed by atoms with Gasteiger partial charge in [0.05, 0.1) is 4.47 Å². The molecule has 1 aromatic heterocycles. The lowest BCUT2D eigenvalue weighted by atomic mass is 10.1. The summed E-state index contributed by atoms with van der Waals surface area (Å²) in [6.07, 6.45) is 4.89. The predicted molar refractivity (Wildman–Crippen MR) is 76.0 cm³/mol. The minimum absolute atomic E-state index is 0.434. The van der Waals surface area contributed by atoms with Gasteiger partial charge in [-0.2, -0.15) is 4.98 Å². The van der Waals surface area contributed by atoms with Gasteiger partial charge in [-0.25, -0.2) is 4.98 Å². The van der Waals surface area contributed by atoms with Gasteiger partial charge in [-0.3, -0.25) is 0 Å². The fourth-order valence-electron chi connectivity index (χ4n) is 1.83. The van der Waals surface area contributed by atoms with Crippen molar-refractivity contribution < 1.29 is 4.74 Å². The second-order valence-corrected chi connectivity index (χ2v) is 5.20. The highest BCUT2D eigenvalue weighted by molar-refractivity contribution is 9.10. The smallest absolute Gasteiger partial charge is 0.224 e. The number of nitrogens with one attached hydrogen (secondary N) is 2.